The maximum Gasteiger partial charge on any atom is 0.254 e. The van der Waals surface area contributed by atoms with Gasteiger partial charge in [-0.2, -0.15) is 4.98 Å². The minimum atomic E-state index is -0.185. The van der Waals surface area contributed by atoms with Crippen molar-refractivity contribution in [3.63, 3.8) is 0 Å². The maximum atomic E-state index is 12.4. The van der Waals surface area contributed by atoms with Crippen LogP contribution in [0.3, 0.4) is 0 Å². The standard InChI is InChI=1S/C16H18ClN5O2/c1-21-7-3-4-12(9-21)15-19-14(24-20-15)10-22(2)16(23)11-5-6-18-13(17)8-11/h4-6,8H,3,7,9-10H2,1-2H3. The topological polar surface area (TPSA) is 75.4 Å². The molecule has 0 radical (unpaired) electrons. The summed E-state index contributed by atoms with van der Waals surface area (Å²) in [5.74, 6) is 0.801. The van der Waals surface area contributed by atoms with Gasteiger partial charge < -0.3 is 14.3 Å². The molecule has 24 heavy (non-hydrogen) atoms. The molecule has 7 nitrogen and oxygen atoms in total. The van der Waals surface area contributed by atoms with Crippen molar-refractivity contribution < 1.29 is 9.32 Å². The lowest BCUT2D eigenvalue weighted by molar-refractivity contribution is 0.0769. The lowest BCUT2D eigenvalue weighted by atomic mass is 10.1. The molecule has 0 bridgehead atoms. The predicted molar refractivity (Wildman–Crippen MR) is 89.4 cm³/mol. The van der Waals surface area contributed by atoms with Crippen molar-refractivity contribution in [3.8, 4) is 0 Å². The summed E-state index contributed by atoms with van der Waals surface area (Å²) >= 11 is 5.82. The van der Waals surface area contributed by atoms with Gasteiger partial charge in [0.05, 0.1) is 6.54 Å². The molecule has 3 heterocycles. The van der Waals surface area contributed by atoms with Gasteiger partial charge in [-0.15, -0.1) is 0 Å². The van der Waals surface area contributed by atoms with Crippen molar-refractivity contribution in [1.82, 2.24) is 24.9 Å². The summed E-state index contributed by atoms with van der Waals surface area (Å²) in [6.45, 7) is 2.05. The van der Waals surface area contributed by atoms with Gasteiger partial charge in [-0.3, -0.25) is 4.79 Å². The smallest absolute Gasteiger partial charge is 0.254 e. The SMILES string of the molecule is CN1CCC=C(c2noc(CN(C)C(=O)c3ccnc(Cl)c3)n2)C1. The highest BCUT2D eigenvalue weighted by Crippen LogP contribution is 2.18. The van der Waals surface area contributed by atoms with Crippen LogP contribution in [0.1, 0.15) is 28.5 Å². The molecular formula is C16H18ClN5O2. The second-order valence-electron chi connectivity index (χ2n) is 5.80. The number of amides is 1. The fourth-order valence-corrected chi connectivity index (χ4v) is 2.71. The third-order valence-corrected chi connectivity index (χ3v) is 4.00. The number of likely N-dealkylation sites (N-methyl/N-ethyl adjacent to an activating group) is 1. The Balaban J connectivity index is 1.68. The van der Waals surface area contributed by atoms with E-state index in [0.29, 0.717) is 17.3 Å². The molecule has 0 aliphatic carbocycles. The number of rotatable bonds is 4. The van der Waals surface area contributed by atoms with Crippen molar-refractivity contribution in [2.45, 2.75) is 13.0 Å². The highest BCUT2D eigenvalue weighted by atomic mass is 35.5. The monoisotopic (exact) mass is 347 g/mol. The third-order valence-electron chi connectivity index (χ3n) is 3.79. The van der Waals surface area contributed by atoms with Gasteiger partial charge in [0.2, 0.25) is 5.89 Å². The minimum absolute atomic E-state index is 0.185. The van der Waals surface area contributed by atoms with Crippen LogP contribution in [-0.4, -0.2) is 58.0 Å². The van der Waals surface area contributed by atoms with Crippen LogP contribution in [0.15, 0.2) is 28.9 Å². The van der Waals surface area contributed by atoms with Crippen LogP contribution in [0.2, 0.25) is 5.15 Å². The first kappa shape index (κ1) is 16.6. The third kappa shape index (κ3) is 3.80. The summed E-state index contributed by atoms with van der Waals surface area (Å²) in [4.78, 5) is 24.4. The van der Waals surface area contributed by atoms with Crippen LogP contribution in [-0.2, 0) is 6.54 Å². The van der Waals surface area contributed by atoms with Crippen molar-refractivity contribution in [1.29, 1.82) is 0 Å². The lowest BCUT2D eigenvalue weighted by Crippen LogP contribution is -2.26. The summed E-state index contributed by atoms with van der Waals surface area (Å²) in [5.41, 5.74) is 1.52. The number of carbonyl (C=O) groups is 1. The van der Waals surface area contributed by atoms with Gasteiger partial charge in [0.1, 0.15) is 5.15 Å². The zero-order chi connectivity index (χ0) is 17.1. The minimum Gasteiger partial charge on any atom is -0.337 e. The van der Waals surface area contributed by atoms with Gasteiger partial charge in [-0.1, -0.05) is 22.8 Å². The van der Waals surface area contributed by atoms with E-state index >= 15 is 0 Å². The Labute approximate surface area is 144 Å². The van der Waals surface area contributed by atoms with Gasteiger partial charge in [0, 0.05) is 37.5 Å². The Kier molecular flexibility index (Phi) is 4.92. The van der Waals surface area contributed by atoms with Crippen molar-refractivity contribution in [2.75, 3.05) is 27.2 Å². The van der Waals surface area contributed by atoms with E-state index in [1.807, 2.05) is 0 Å². The van der Waals surface area contributed by atoms with Gasteiger partial charge in [0.15, 0.2) is 5.82 Å². The van der Waals surface area contributed by atoms with E-state index < -0.39 is 0 Å². The summed E-state index contributed by atoms with van der Waals surface area (Å²) in [6, 6.07) is 3.15. The molecule has 0 fully saturated rings. The lowest BCUT2D eigenvalue weighted by Gasteiger charge is -2.20. The number of carbonyl (C=O) groups excluding carboxylic acids is 1. The number of halogens is 1. The Bertz CT molecular complexity index is 773. The van der Waals surface area contributed by atoms with E-state index in [0.717, 1.165) is 25.1 Å². The second kappa shape index (κ2) is 7.11. The molecule has 1 amide bonds. The Morgan fingerprint density at radius 3 is 3.08 bits per heavy atom. The van der Waals surface area contributed by atoms with E-state index in [2.05, 4.69) is 33.1 Å². The molecule has 2 aromatic heterocycles. The molecule has 0 atom stereocenters. The fraction of sp³-hybridized carbons (Fsp3) is 0.375. The molecule has 3 rings (SSSR count). The molecule has 0 unspecified atom stereocenters. The first-order valence-electron chi connectivity index (χ1n) is 7.60. The zero-order valence-electron chi connectivity index (χ0n) is 13.6. The summed E-state index contributed by atoms with van der Waals surface area (Å²) < 4.78 is 5.28. The maximum absolute atomic E-state index is 12.4. The molecule has 0 N–H and O–H groups in total. The quantitative estimate of drug-likeness (QED) is 0.788. The van der Waals surface area contributed by atoms with Gasteiger partial charge in [-0.05, 0) is 25.6 Å². The Hall–Kier alpha value is -2.25. The number of aromatic nitrogens is 3. The Morgan fingerprint density at radius 1 is 1.50 bits per heavy atom. The molecule has 0 saturated carbocycles. The summed E-state index contributed by atoms with van der Waals surface area (Å²) in [5, 5.41) is 4.30. The highest BCUT2D eigenvalue weighted by Gasteiger charge is 2.19. The van der Waals surface area contributed by atoms with Crippen LogP contribution in [0, 0.1) is 0 Å². The molecule has 1 aliphatic heterocycles. The molecule has 1 aliphatic rings. The molecule has 0 spiro atoms. The van der Waals surface area contributed by atoms with E-state index in [1.165, 1.54) is 17.2 Å². The van der Waals surface area contributed by atoms with Gasteiger partial charge >= 0.3 is 0 Å². The molecular weight excluding hydrogens is 330 g/mol. The van der Waals surface area contributed by atoms with Crippen molar-refractivity contribution in [2.24, 2.45) is 0 Å². The number of hydrogen-bond donors (Lipinski definition) is 0. The van der Waals surface area contributed by atoms with Crippen molar-refractivity contribution in [3.05, 3.63) is 46.8 Å². The highest BCUT2D eigenvalue weighted by molar-refractivity contribution is 6.29. The van der Waals surface area contributed by atoms with Crippen LogP contribution < -0.4 is 0 Å². The van der Waals surface area contributed by atoms with E-state index in [-0.39, 0.29) is 17.6 Å². The molecule has 0 saturated heterocycles. The largest absolute Gasteiger partial charge is 0.337 e. The molecule has 126 valence electrons. The van der Waals surface area contributed by atoms with Gasteiger partial charge in [-0.25, -0.2) is 4.98 Å². The van der Waals surface area contributed by atoms with Crippen LogP contribution >= 0.6 is 11.6 Å². The van der Waals surface area contributed by atoms with E-state index in [1.54, 1.807) is 13.1 Å². The zero-order valence-corrected chi connectivity index (χ0v) is 14.3. The van der Waals surface area contributed by atoms with Crippen LogP contribution in [0.5, 0.6) is 0 Å². The normalized spacial score (nSPS) is 15.2. The number of hydrogen-bond acceptors (Lipinski definition) is 6. The van der Waals surface area contributed by atoms with E-state index in [4.69, 9.17) is 16.1 Å². The Morgan fingerprint density at radius 2 is 2.33 bits per heavy atom. The van der Waals surface area contributed by atoms with Crippen LogP contribution in [0.4, 0.5) is 0 Å². The average molecular weight is 348 g/mol. The fourth-order valence-electron chi connectivity index (χ4n) is 2.54. The predicted octanol–water partition coefficient (Wildman–Crippen LogP) is 2.11. The first-order valence-corrected chi connectivity index (χ1v) is 7.98. The van der Waals surface area contributed by atoms with Crippen LogP contribution in [0.25, 0.3) is 5.57 Å². The molecule has 2 aromatic rings. The molecule has 8 heteroatoms. The van der Waals surface area contributed by atoms with E-state index in [9.17, 15) is 4.79 Å². The van der Waals surface area contributed by atoms with Crippen molar-refractivity contribution >= 4 is 23.1 Å². The number of nitrogens with zero attached hydrogens (tertiary/aromatic N) is 5. The summed E-state index contributed by atoms with van der Waals surface area (Å²) in [6.07, 6.45) is 4.60. The second-order valence-corrected chi connectivity index (χ2v) is 6.18. The number of pyridine rings is 1. The molecule has 0 aromatic carbocycles. The average Bonchev–Trinajstić information content (AvgIpc) is 3.02. The van der Waals surface area contributed by atoms with Gasteiger partial charge in [0.25, 0.3) is 5.91 Å². The summed E-state index contributed by atoms with van der Waals surface area (Å²) in [7, 11) is 3.73. The first-order chi connectivity index (χ1) is 11.5.